The molecule has 0 spiro atoms. The number of aliphatic imine (C=N–C) groups is 1. The number of methoxy groups -OCH3 is 1. The Bertz CT molecular complexity index is 1240. The molecule has 0 unspecified atom stereocenters. The third-order valence-electron chi connectivity index (χ3n) is 4.72. The van der Waals surface area contributed by atoms with E-state index in [-0.39, 0.29) is 17.7 Å². The number of hydrogen-bond acceptors (Lipinski definition) is 6. The molecule has 0 radical (unpaired) electrons. The van der Waals surface area contributed by atoms with Crippen LogP contribution in [0.3, 0.4) is 0 Å². The number of esters is 1. The molecule has 0 aliphatic heterocycles. The van der Waals surface area contributed by atoms with Crippen molar-refractivity contribution in [2.24, 2.45) is 4.99 Å². The number of rotatable bonds is 6. The van der Waals surface area contributed by atoms with Crippen LogP contribution in [0.2, 0.25) is 5.02 Å². The SMILES string of the molecule is COC(=O)Cc1[nH]n(-c2ccc([N+](=O)[O-])cc2)c(=O)c1C(C)=Nc1cccc(Cl)c1C. The molecule has 1 aromatic heterocycles. The number of non-ortho nitro benzene ring substituents is 1. The van der Waals surface area contributed by atoms with E-state index in [4.69, 9.17) is 16.3 Å². The number of ether oxygens (including phenoxy) is 1. The van der Waals surface area contributed by atoms with E-state index in [2.05, 4.69) is 10.1 Å². The minimum absolute atomic E-state index is 0.104. The molecule has 2 aromatic carbocycles. The second-order valence-corrected chi connectivity index (χ2v) is 7.12. The summed E-state index contributed by atoms with van der Waals surface area (Å²) in [5.74, 6) is -0.537. The van der Waals surface area contributed by atoms with E-state index in [1.165, 1.54) is 36.1 Å². The first-order valence-corrected chi connectivity index (χ1v) is 9.57. The van der Waals surface area contributed by atoms with Crippen LogP contribution < -0.4 is 5.56 Å². The van der Waals surface area contributed by atoms with Crippen molar-refractivity contribution >= 4 is 34.7 Å². The minimum Gasteiger partial charge on any atom is -0.469 e. The Kier molecular flexibility index (Phi) is 6.36. The van der Waals surface area contributed by atoms with Crippen molar-refractivity contribution in [3.63, 3.8) is 0 Å². The summed E-state index contributed by atoms with van der Waals surface area (Å²) in [6, 6.07) is 10.7. The highest BCUT2D eigenvalue weighted by atomic mass is 35.5. The molecule has 0 amide bonds. The first kappa shape index (κ1) is 22.0. The van der Waals surface area contributed by atoms with Crippen LogP contribution in [0.15, 0.2) is 52.3 Å². The number of aromatic amines is 1. The first-order chi connectivity index (χ1) is 14.7. The molecular formula is C21H19ClN4O5. The summed E-state index contributed by atoms with van der Waals surface area (Å²) in [7, 11) is 1.25. The summed E-state index contributed by atoms with van der Waals surface area (Å²) in [5.41, 5.74) is 2.08. The van der Waals surface area contributed by atoms with E-state index >= 15 is 0 Å². The Labute approximate surface area is 182 Å². The molecule has 0 atom stereocenters. The third kappa shape index (κ3) is 4.56. The molecule has 160 valence electrons. The van der Waals surface area contributed by atoms with Gasteiger partial charge in [0.1, 0.15) is 0 Å². The molecule has 3 rings (SSSR count). The van der Waals surface area contributed by atoms with Crippen molar-refractivity contribution < 1.29 is 14.5 Å². The number of H-pyrrole nitrogens is 1. The van der Waals surface area contributed by atoms with Crippen LogP contribution in [-0.2, 0) is 16.0 Å². The van der Waals surface area contributed by atoms with Gasteiger partial charge in [-0.25, -0.2) is 4.68 Å². The van der Waals surface area contributed by atoms with E-state index in [0.29, 0.717) is 27.8 Å². The van der Waals surface area contributed by atoms with Gasteiger partial charge in [0.2, 0.25) is 0 Å². The van der Waals surface area contributed by atoms with Crippen molar-refractivity contribution in [2.75, 3.05) is 7.11 Å². The summed E-state index contributed by atoms with van der Waals surface area (Å²) in [6.07, 6.45) is -0.178. The molecule has 0 aliphatic carbocycles. The fourth-order valence-electron chi connectivity index (χ4n) is 3.06. The van der Waals surface area contributed by atoms with Gasteiger partial charge < -0.3 is 4.74 Å². The molecule has 9 nitrogen and oxygen atoms in total. The van der Waals surface area contributed by atoms with Gasteiger partial charge in [-0.1, -0.05) is 17.7 Å². The Balaban J connectivity index is 2.15. The van der Waals surface area contributed by atoms with E-state index in [0.717, 1.165) is 5.56 Å². The molecule has 0 fully saturated rings. The van der Waals surface area contributed by atoms with Crippen LogP contribution in [0.25, 0.3) is 5.69 Å². The second-order valence-electron chi connectivity index (χ2n) is 6.71. The van der Waals surface area contributed by atoms with Gasteiger partial charge in [-0.15, -0.1) is 0 Å². The Morgan fingerprint density at radius 3 is 2.55 bits per heavy atom. The second kappa shape index (κ2) is 8.97. The zero-order valence-electron chi connectivity index (χ0n) is 17.0. The Morgan fingerprint density at radius 1 is 1.26 bits per heavy atom. The van der Waals surface area contributed by atoms with Crippen LogP contribution in [0.5, 0.6) is 0 Å². The maximum atomic E-state index is 13.2. The first-order valence-electron chi connectivity index (χ1n) is 9.19. The lowest BCUT2D eigenvalue weighted by Gasteiger charge is -2.05. The van der Waals surface area contributed by atoms with Crippen LogP contribution >= 0.6 is 11.6 Å². The smallest absolute Gasteiger partial charge is 0.311 e. The molecule has 0 saturated heterocycles. The fourth-order valence-corrected chi connectivity index (χ4v) is 3.23. The van der Waals surface area contributed by atoms with Crippen LogP contribution in [0, 0.1) is 17.0 Å². The highest BCUT2D eigenvalue weighted by molar-refractivity contribution is 6.31. The van der Waals surface area contributed by atoms with Gasteiger partial charge in [-0.2, -0.15) is 0 Å². The number of nitrogens with zero attached hydrogens (tertiary/aromatic N) is 3. The van der Waals surface area contributed by atoms with Gasteiger partial charge in [0.25, 0.3) is 11.2 Å². The van der Waals surface area contributed by atoms with Gasteiger partial charge in [-0.05, 0) is 43.7 Å². The van der Waals surface area contributed by atoms with Gasteiger partial charge in [-0.3, -0.25) is 29.8 Å². The van der Waals surface area contributed by atoms with E-state index in [9.17, 15) is 19.7 Å². The summed E-state index contributed by atoms with van der Waals surface area (Å²) in [5, 5.41) is 14.3. The number of halogens is 1. The molecular weight excluding hydrogens is 424 g/mol. The highest BCUT2D eigenvalue weighted by Crippen LogP contribution is 2.26. The van der Waals surface area contributed by atoms with E-state index < -0.39 is 16.5 Å². The van der Waals surface area contributed by atoms with Gasteiger partial charge >= 0.3 is 5.97 Å². The number of nitrogens with one attached hydrogen (secondary N) is 1. The zero-order valence-corrected chi connectivity index (χ0v) is 17.8. The molecule has 3 aromatic rings. The fraction of sp³-hybridized carbons (Fsp3) is 0.190. The van der Waals surface area contributed by atoms with Crippen LogP contribution in [0.4, 0.5) is 11.4 Å². The minimum atomic E-state index is -0.537. The number of benzene rings is 2. The van der Waals surface area contributed by atoms with E-state index in [1.54, 1.807) is 25.1 Å². The maximum absolute atomic E-state index is 13.2. The van der Waals surface area contributed by atoms with Gasteiger partial charge in [0, 0.05) is 17.2 Å². The Hall–Kier alpha value is -3.72. The van der Waals surface area contributed by atoms with Gasteiger partial charge in [0.05, 0.1) is 46.8 Å². The van der Waals surface area contributed by atoms with Crippen molar-refractivity contribution in [2.45, 2.75) is 20.3 Å². The predicted molar refractivity (Wildman–Crippen MR) is 117 cm³/mol. The quantitative estimate of drug-likeness (QED) is 0.269. The molecule has 0 bridgehead atoms. The topological polar surface area (TPSA) is 120 Å². The number of aromatic nitrogens is 2. The lowest BCUT2D eigenvalue weighted by molar-refractivity contribution is -0.384. The normalized spacial score (nSPS) is 11.4. The van der Waals surface area contributed by atoms with Crippen LogP contribution in [0.1, 0.15) is 23.7 Å². The molecule has 0 saturated carbocycles. The number of carbonyl (C=O) groups excluding carboxylic acids is 1. The van der Waals surface area contributed by atoms with Crippen molar-refractivity contribution in [1.29, 1.82) is 0 Å². The van der Waals surface area contributed by atoms with Gasteiger partial charge in [0.15, 0.2) is 0 Å². The lowest BCUT2D eigenvalue weighted by Crippen LogP contribution is -2.20. The summed E-state index contributed by atoms with van der Waals surface area (Å²) in [6.45, 7) is 3.47. The monoisotopic (exact) mass is 442 g/mol. The van der Waals surface area contributed by atoms with Crippen molar-refractivity contribution in [3.8, 4) is 5.69 Å². The largest absolute Gasteiger partial charge is 0.469 e. The number of hydrogen-bond donors (Lipinski definition) is 1. The average Bonchev–Trinajstić information content (AvgIpc) is 3.07. The summed E-state index contributed by atoms with van der Waals surface area (Å²) in [4.78, 5) is 40.0. The summed E-state index contributed by atoms with van der Waals surface area (Å²) >= 11 is 6.16. The molecule has 0 aliphatic rings. The number of carbonyl (C=O) groups is 1. The van der Waals surface area contributed by atoms with E-state index in [1.807, 2.05) is 6.92 Å². The van der Waals surface area contributed by atoms with Crippen LogP contribution in [-0.4, -0.2) is 33.5 Å². The molecule has 1 N–H and O–H groups in total. The van der Waals surface area contributed by atoms with Crippen molar-refractivity contribution in [1.82, 2.24) is 9.78 Å². The standard InChI is InChI=1S/C21H19ClN4O5/c1-12-16(22)5-4-6-17(12)23-13(2)20-18(11-19(27)31-3)24-25(21(20)28)14-7-9-15(10-8-14)26(29)30/h4-10,24H,11H2,1-3H3. The Morgan fingerprint density at radius 2 is 1.94 bits per heavy atom. The molecule has 31 heavy (non-hydrogen) atoms. The summed E-state index contributed by atoms with van der Waals surface area (Å²) < 4.78 is 5.95. The third-order valence-corrected chi connectivity index (χ3v) is 5.13. The number of nitro benzene ring substituents is 1. The number of nitro groups is 1. The zero-order chi connectivity index (χ0) is 22.7. The molecule has 1 heterocycles. The highest BCUT2D eigenvalue weighted by Gasteiger charge is 2.21. The lowest BCUT2D eigenvalue weighted by atomic mass is 10.1. The molecule has 10 heteroatoms. The predicted octanol–water partition coefficient (Wildman–Crippen LogP) is 3.89. The maximum Gasteiger partial charge on any atom is 0.311 e. The van der Waals surface area contributed by atoms with Crippen molar-refractivity contribution in [3.05, 3.63) is 84.8 Å². The average molecular weight is 443 g/mol.